The van der Waals surface area contributed by atoms with Crippen LogP contribution in [0.15, 0.2) is 54.9 Å². The molecular formula is C23H26N6. The molecule has 148 valence electrons. The van der Waals surface area contributed by atoms with Gasteiger partial charge in [-0.3, -0.25) is 4.98 Å². The molecule has 1 fully saturated rings. The molecule has 5 rings (SSSR count). The number of fused-ring (bicyclic) bond motifs is 2. The molecular weight excluding hydrogens is 360 g/mol. The zero-order valence-corrected chi connectivity index (χ0v) is 17.0. The van der Waals surface area contributed by atoms with E-state index in [-0.39, 0.29) is 0 Å². The second-order valence-corrected chi connectivity index (χ2v) is 8.10. The van der Waals surface area contributed by atoms with Crippen molar-refractivity contribution in [2.75, 3.05) is 32.1 Å². The van der Waals surface area contributed by atoms with Crippen molar-refractivity contribution in [2.24, 2.45) is 0 Å². The minimum atomic E-state index is 0.668. The van der Waals surface area contributed by atoms with Crippen molar-refractivity contribution in [3.05, 3.63) is 66.1 Å². The Balaban J connectivity index is 1.40. The Morgan fingerprint density at radius 3 is 2.72 bits per heavy atom. The van der Waals surface area contributed by atoms with Crippen LogP contribution in [0.5, 0.6) is 0 Å². The number of piperidine rings is 1. The van der Waals surface area contributed by atoms with E-state index in [2.05, 4.69) is 70.3 Å². The summed E-state index contributed by atoms with van der Waals surface area (Å²) < 4.78 is 2.00. The van der Waals surface area contributed by atoms with Gasteiger partial charge in [0.15, 0.2) is 5.65 Å². The Hall–Kier alpha value is -2.99. The molecule has 0 spiro atoms. The lowest BCUT2D eigenvalue weighted by Gasteiger charge is -2.35. The molecule has 0 saturated carbocycles. The second kappa shape index (κ2) is 7.44. The third kappa shape index (κ3) is 3.56. The summed E-state index contributed by atoms with van der Waals surface area (Å²) in [4.78, 5) is 13.7. The molecule has 4 aromatic rings. The highest BCUT2D eigenvalue weighted by molar-refractivity contribution is 5.79. The molecule has 1 aromatic carbocycles. The lowest BCUT2D eigenvalue weighted by atomic mass is 10.0. The van der Waals surface area contributed by atoms with Crippen molar-refractivity contribution in [3.63, 3.8) is 0 Å². The van der Waals surface area contributed by atoms with Crippen LogP contribution >= 0.6 is 0 Å². The number of hydrogen-bond donors (Lipinski definition) is 0. The van der Waals surface area contributed by atoms with Gasteiger partial charge in [0.1, 0.15) is 5.82 Å². The highest BCUT2D eigenvalue weighted by Gasteiger charge is 2.22. The molecule has 0 bridgehead atoms. The quantitative estimate of drug-likeness (QED) is 0.538. The van der Waals surface area contributed by atoms with Crippen LogP contribution in [0.1, 0.15) is 24.1 Å². The van der Waals surface area contributed by atoms with Gasteiger partial charge in [-0.05, 0) is 62.8 Å². The van der Waals surface area contributed by atoms with Crippen LogP contribution in [0.4, 0.5) is 5.82 Å². The zero-order valence-electron chi connectivity index (χ0n) is 17.0. The lowest BCUT2D eigenvalue weighted by molar-refractivity contribution is 0.249. The Bertz CT molecular complexity index is 1140. The molecule has 6 nitrogen and oxygen atoms in total. The average Bonchev–Trinajstić information content (AvgIpc) is 3.15. The molecule has 0 N–H and O–H groups in total. The lowest BCUT2D eigenvalue weighted by Crippen LogP contribution is -2.42. The van der Waals surface area contributed by atoms with Crippen molar-refractivity contribution in [2.45, 2.75) is 25.3 Å². The summed E-state index contributed by atoms with van der Waals surface area (Å²) in [5.74, 6) is 1.04. The van der Waals surface area contributed by atoms with Crippen LogP contribution in [-0.4, -0.2) is 57.7 Å². The van der Waals surface area contributed by atoms with Gasteiger partial charge in [0.25, 0.3) is 0 Å². The molecule has 1 aliphatic rings. The van der Waals surface area contributed by atoms with E-state index in [4.69, 9.17) is 5.10 Å². The van der Waals surface area contributed by atoms with Gasteiger partial charge in [-0.2, -0.15) is 0 Å². The van der Waals surface area contributed by atoms with E-state index >= 15 is 0 Å². The Kier molecular flexibility index (Phi) is 4.64. The standard InChI is InChI=1S/C23H26N6/c1-27(2)19-9-12-28(13-10-19)23-8-7-22-25-16-20(29(22)26-23)15-17-5-6-21-18(14-17)4-3-11-24-21/h3-8,11,14,16,19H,9-10,12-13,15H2,1-2H3. The molecule has 6 heteroatoms. The SMILES string of the molecule is CN(C)C1CCN(c2ccc3ncc(Cc4ccc5ncccc5c4)n3n2)CC1. The van der Waals surface area contributed by atoms with Gasteiger partial charge in [-0.25, -0.2) is 9.50 Å². The topological polar surface area (TPSA) is 49.6 Å². The van der Waals surface area contributed by atoms with Gasteiger partial charge in [0, 0.05) is 37.1 Å². The molecule has 1 aliphatic heterocycles. The number of aromatic nitrogens is 4. The first kappa shape index (κ1) is 18.1. The summed E-state index contributed by atoms with van der Waals surface area (Å²) in [6.45, 7) is 2.09. The minimum absolute atomic E-state index is 0.668. The number of pyridine rings is 1. The normalized spacial score (nSPS) is 15.6. The molecule has 0 unspecified atom stereocenters. The molecule has 1 saturated heterocycles. The van der Waals surface area contributed by atoms with E-state index < -0.39 is 0 Å². The first-order valence-electron chi connectivity index (χ1n) is 10.3. The molecule has 4 heterocycles. The van der Waals surface area contributed by atoms with Gasteiger partial charge in [-0.15, -0.1) is 5.10 Å². The van der Waals surface area contributed by atoms with Crippen LogP contribution in [-0.2, 0) is 6.42 Å². The van der Waals surface area contributed by atoms with Crippen LogP contribution in [0, 0.1) is 0 Å². The highest BCUT2D eigenvalue weighted by atomic mass is 15.3. The van der Waals surface area contributed by atoms with Crippen molar-refractivity contribution in [1.29, 1.82) is 0 Å². The number of imidazole rings is 1. The fourth-order valence-corrected chi connectivity index (χ4v) is 4.26. The number of hydrogen-bond acceptors (Lipinski definition) is 5. The predicted octanol–water partition coefficient (Wildman–Crippen LogP) is 3.40. The smallest absolute Gasteiger partial charge is 0.153 e. The van der Waals surface area contributed by atoms with E-state index in [1.807, 2.05) is 23.0 Å². The van der Waals surface area contributed by atoms with E-state index in [9.17, 15) is 0 Å². The minimum Gasteiger partial charge on any atom is -0.355 e. The van der Waals surface area contributed by atoms with Crippen LogP contribution in [0.3, 0.4) is 0 Å². The van der Waals surface area contributed by atoms with Crippen molar-refractivity contribution >= 4 is 22.4 Å². The van der Waals surface area contributed by atoms with Crippen molar-refractivity contribution in [1.82, 2.24) is 24.5 Å². The van der Waals surface area contributed by atoms with Crippen LogP contribution in [0.25, 0.3) is 16.6 Å². The molecule has 0 atom stereocenters. The van der Waals surface area contributed by atoms with E-state index in [0.717, 1.165) is 47.6 Å². The maximum Gasteiger partial charge on any atom is 0.153 e. The third-order valence-corrected chi connectivity index (χ3v) is 5.99. The van der Waals surface area contributed by atoms with Crippen LogP contribution in [0.2, 0.25) is 0 Å². The third-order valence-electron chi connectivity index (χ3n) is 5.99. The van der Waals surface area contributed by atoms with E-state index in [0.29, 0.717) is 6.04 Å². The maximum absolute atomic E-state index is 4.94. The Morgan fingerprint density at radius 1 is 1.03 bits per heavy atom. The van der Waals surface area contributed by atoms with Crippen molar-refractivity contribution < 1.29 is 0 Å². The second-order valence-electron chi connectivity index (χ2n) is 8.10. The average molecular weight is 387 g/mol. The number of nitrogens with zero attached hydrogens (tertiary/aromatic N) is 6. The summed E-state index contributed by atoms with van der Waals surface area (Å²) in [7, 11) is 4.34. The van der Waals surface area contributed by atoms with E-state index in [1.54, 1.807) is 0 Å². The molecule has 29 heavy (non-hydrogen) atoms. The monoisotopic (exact) mass is 386 g/mol. The first-order chi connectivity index (χ1) is 14.2. The number of anilines is 1. The predicted molar refractivity (Wildman–Crippen MR) is 116 cm³/mol. The van der Waals surface area contributed by atoms with Crippen molar-refractivity contribution in [3.8, 4) is 0 Å². The Morgan fingerprint density at radius 2 is 1.90 bits per heavy atom. The largest absolute Gasteiger partial charge is 0.355 e. The van der Waals surface area contributed by atoms with E-state index in [1.165, 1.54) is 18.4 Å². The van der Waals surface area contributed by atoms with Gasteiger partial charge in [0.2, 0.25) is 0 Å². The molecule has 0 radical (unpaired) electrons. The molecule has 0 aliphatic carbocycles. The number of benzene rings is 1. The highest BCUT2D eigenvalue weighted by Crippen LogP contribution is 2.22. The van der Waals surface area contributed by atoms with Gasteiger partial charge in [0.05, 0.1) is 17.4 Å². The van der Waals surface area contributed by atoms with Gasteiger partial charge < -0.3 is 9.80 Å². The summed E-state index contributed by atoms with van der Waals surface area (Å²) in [6, 6.07) is 15.4. The van der Waals surface area contributed by atoms with Crippen LogP contribution < -0.4 is 4.90 Å². The molecule has 3 aromatic heterocycles. The fraction of sp³-hybridized carbons (Fsp3) is 0.348. The first-order valence-corrected chi connectivity index (χ1v) is 10.3. The number of rotatable bonds is 4. The fourth-order valence-electron chi connectivity index (χ4n) is 4.26. The zero-order chi connectivity index (χ0) is 19.8. The summed E-state index contributed by atoms with van der Waals surface area (Å²) in [6.07, 6.45) is 6.92. The van der Waals surface area contributed by atoms with Gasteiger partial charge >= 0.3 is 0 Å². The Labute approximate surface area is 170 Å². The van der Waals surface area contributed by atoms with Gasteiger partial charge in [-0.1, -0.05) is 12.1 Å². The summed E-state index contributed by atoms with van der Waals surface area (Å²) >= 11 is 0. The molecule has 0 amide bonds. The summed E-state index contributed by atoms with van der Waals surface area (Å²) in [5, 5.41) is 6.10. The summed E-state index contributed by atoms with van der Waals surface area (Å²) in [5.41, 5.74) is 4.27. The maximum atomic E-state index is 4.94.